The quantitative estimate of drug-likeness (QED) is 0.525. The monoisotopic (exact) mass is 454 g/mol. The topological polar surface area (TPSA) is 92.8 Å². The Labute approximate surface area is 185 Å². The predicted molar refractivity (Wildman–Crippen MR) is 111 cm³/mol. The Bertz CT molecular complexity index is 851. The fraction of sp³-hybridized carbons (Fsp3) is 0.524. The lowest BCUT2D eigenvalue weighted by molar-refractivity contribution is -0.159. The molecule has 30 heavy (non-hydrogen) atoms. The number of carbonyl (C=O) groups is 4. The van der Waals surface area contributed by atoms with Gasteiger partial charge in [0.15, 0.2) is 6.61 Å². The third-order valence-corrected chi connectivity index (χ3v) is 6.51. The second-order valence-electron chi connectivity index (χ2n) is 7.79. The highest BCUT2D eigenvalue weighted by Gasteiger charge is 2.51. The fourth-order valence-electron chi connectivity index (χ4n) is 4.08. The Hall–Kier alpha value is -2.12. The first-order valence-electron chi connectivity index (χ1n) is 9.98. The van der Waals surface area contributed by atoms with Crippen LogP contribution in [-0.2, 0) is 23.9 Å². The minimum Gasteiger partial charge on any atom is -0.454 e. The van der Waals surface area contributed by atoms with E-state index in [2.05, 4.69) is 5.32 Å². The van der Waals surface area contributed by atoms with Crippen LogP contribution in [0.15, 0.2) is 18.2 Å². The van der Waals surface area contributed by atoms with Gasteiger partial charge in [0.25, 0.3) is 5.91 Å². The molecule has 9 heteroatoms. The molecule has 2 fully saturated rings. The van der Waals surface area contributed by atoms with Gasteiger partial charge in [0.05, 0.1) is 27.9 Å². The van der Waals surface area contributed by atoms with Crippen molar-refractivity contribution in [3.8, 4) is 0 Å². The van der Waals surface area contributed by atoms with Gasteiger partial charge in [-0.1, -0.05) is 42.1 Å². The van der Waals surface area contributed by atoms with Crippen molar-refractivity contribution in [3.63, 3.8) is 0 Å². The summed E-state index contributed by atoms with van der Waals surface area (Å²) in [7, 11) is 0. The molecule has 0 bridgehead atoms. The average Bonchev–Trinajstić information content (AvgIpc) is 2.98. The van der Waals surface area contributed by atoms with E-state index in [1.165, 1.54) is 6.92 Å². The molecule has 1 aromatic carbocycles. The summed E-state index contributed by atoms with van der Waals surface area (Å²) in [4.78, 5) is 50.7. The van der Waals surface area contributed by atoms with Crippen LogP contribution in [0.1, 0.15) is 51.1 Å². The summed E-state index contributed by atoms with van der Waals surface area (Å²) in [6.07, 6.45) is 3.15. The number of halogens is 2. The second-order valence-corrected chi connectivity index (χ2v) is 8.60. The van der Waals surface area contributed by atoms with Gasteiger partial charge in [-0.2, -0.15) is 0 Å². The number of esters is 1. The van der Waals surface area contributed by atoms with E-state index in [4.69, 9.17) is 27.9 Å². The number of hydrogen-bond acceptors (Lipinski definition) is 5. The number of benzene rings is 1. The highest BCUT2D eigenvalue weighted by atomic mass is 35.5. The van der Waals surface area contributed by atoms with Crippen molar-refractivity contribution in [1.29, 1.82) is 0 Å². The summed E-state index contributed by atoms with van der Waals surface area (Å²) in [6, 6.07) is 3.57. The highest BCUT2D eigenvalue weighted by Crippen LogP contribution is 2.38. The Balaban J connectivity index is 1.53. The molecule has 1 N–H and O–H groups in total. The minimum atomic E-state index is -1.06. The molecule has 1 saturated heterocycles. The van der Waals surface area contributed by atoms with Crippen molar-refractivity contribution in [3.05, 3.63) is 33.8 Å². The van der Waals surface area contributed by atoms with E-state index >= 15 is 0 Å². The maximum absolute atomic E-state index is 12.6. The molecule has 0 aromatic heterocycles. The number of nitrogens with zero attached hydrogens (tertiary/aromatic N) is 1. The van der Waals surface area contributed by atoms with E-state index in [-0.39, 0.29) is 29.7 Å². The van der Waals surface area contributed by atoms with Crippen LogP contribution in [0.25, 0.3) is 0 Å². The molecule has 0 radical (unpaired) electrons. The van der Waals surface area contributed by atoms with Crippen LogP contribution in [0.2, 0.25) is 10.0 Å². The van der Waals surface area contributed by atoms with Crippen LogP contribution in [0, 0.1) is 11.8 Å². The van der Waals surface area contributed by atoms with Crippen molar-refractivity contribution < 1.29 is 23.9 Å². The summed E-state index contributed by atoms with van der Waals surface area (Å²) in [5, 5.41) is 3.48. The van der Waals surface area contributed by atoms with Crippen LogP contribution in [0.3, 0.4) is 0 Å². The Kier molecular flexibility index (Phi) is 7.03. The standard InChI is InChI=1S/C21H24Cl2N2O5/c1-11(13-7-8-16(22)17(23)9-13)24-18(26)10-30-21(29)12(2)25-19(27)14-5-3-4-6-15(14)20(25)28/h7-9,11-12,14-15H,3-6,10H2,1-2H3,(H,24,26). The van der Waals surface area contributed by atoms with Crippen LogP contribution in [0.4, 0.5) is 0 Å². The number of rotatable bonds is 6. The Morgan fingerprint density at radius 2 is 1.70 bits per heavy atom. The normalized spacial score (nSPS) is 23.0. The summed E-state index contributed by atoms with van der Waals surface area (Å²) < 4.78 is 5.06. The summed E-state index contributed by atoms with van der Waals surface area (Å²) in [5.74, 6) is -2.60. The molecule has 1 aromatic rings. The number of carbonyl (C=O) groups excluding carboxylic acids is 4. The van der Waals surface area contributed by atoms with Gasteiger partial charge >= 0.3 is 5.97 Å². The first-order valence-corrected chi connectivity index (χ1v) is 10.7. The Morgan fingerprint density at radius 3 is 2.27 bits per heavy atom. The fourth-order valence-corrected chi connectivity index (χ4v) is 4.39. The number of likely N-dealkylation sites (tertiary alicyclic amines) is 1. The maximum Gasteiger partial charge on any atom is 0.329 e. The summed E-state index contributed by atoms with van der Waals surface area (Å²) in [5.41, 5.74) is 0.744. The van der Waals surface area contributed by atoms with E-state index in [1.54, 1.807) is 25.1 Å². The largest absolute Gasteiger partial charge is 0.454 e. The molecule has 1 aliphatic heterocycles. The molecule has 1 heterocycles. The number of amides is 3. The third-order valence-electron chi connectivity index (χ3n) is 5.77. The van der Waals surface area contributed by atoms with Gasteiger partial charge in [-0.15, -0.1) is 0 Å². The van der Waals surface area contributed by atoms with Gasteiger partial charge in [0.1, 0.15) is 6.04 Å². The lowest BCUT2D eigenvalue weighted by Gasteiger charge is -2.22. The van der Waals surface area contributed by atoms with E-state index in [0.717, 1.165) is 23.3 Å². The maximum atomic E-state index is 12.6. The lowest BCUT2D eigenvalue weighted by Crippen LogP contribution is -2.45. The van der Waals surface area contributed by atoms with Crippen LogP contribution >= 0.6 is 23.2 Å². The van der Waals surface area contributed by atoms with Crippen LogP contribution in [0.5, 0.6) is 0 Å². The highest BCUT2D eigenvalue weighted by molar-refractivity contribution is 6.42. The van der Waals surface area contributed by atoms with Crippen molar-refractivity contribution >= 4 is 46.9 Å². The molecule has 1 aliphatic carbocycles. The smallest absolute Gasteiger partial charge is 0.329 e. The van der Waals surface area contributed by atoms with Crippen LogP contribution < -0.4 is 5.32 Å². The zero-order valence-corrected chi connectivity index (χ0v) is 18.3. The zero-order chi connectivity index (χ0) is 22.0. The van der Waals surface area contributed by atoms with Gasteiger partial charge in [-0.25, -0.2) is 4.79 Å². The predicted octanol–water partition coefficient (Wildman–Crippen LogP) is 3.28. The number of fused-ring (bicyclic) bond motifs is 1. The van der Waals surface area contributed by atoms with E-state index < -0.39 is 24.5 Å². The third kappa shape index (κ3) is 4.62. The van der Waals surface area contributed by atoms with Gasteiger partial charge in [-0.3, -0.25) is 19.3 Å². The van der Waals surface area contributed by atoms with Crippen molar-refractivity contribution in [2.45, 2.75) is 51.6 Å². The summed E-state index contributed by atoms with van der Waals surface area (Å²) in [6.45, 7) is 2.69. The molecule has 7 nitrogen and oxygen atoms in total. The number of nitrogens with one attached hydrogen (secondary N) is 1. The molecule has 0 spiro atoms. The first kappa shape index (κ1) is 22.6. The van der Waals surface area contributed by atoms with Crippen LogP contribution in [-0.4, -0.2) is 41.2 Å². The SMILES string of the molecule is CC(NC(=O)COC(=O)C(C)N1C(=O)C2CCCCC2C1=O)c1ccc(Cl)c(Cl)c1. The molecule has 4 unspecified atom stereocenters. The van der Waals surface area contributed by atoms with E-state index in [9.17, 15) is 19.2 Å². The van der Waals surface area contributed by atoms with Crippen molar-refractivity contribution in [2.24, 2.45) is 11.8 Å². The number of hydrogen-bond donors (Lipinski definition) is 1. The van der Waals surface area contributed by atoms with Gasteiger partial charge in [-0.05, 0) is 44.4 Å². The number of imide groups is 1. The van der Waals surface area contributed by atoms with Gasteiger partial charge in [0.2, 0.25) is 11.8 Å². The first-order chi connectivity index (χ1) is 14.2. The Morgan fingerprint density at radius 1 is 1.10 bits per heavy atom. The second kappa shape index (κ2) is 9.35. The molecule has 3 rings (SSSR count). The molecule has 2 aliphatic rings. The molecule has 162 valence electrons. The molecule has 1 saturated carbocycles. The summed E-state index contributed by atoms with van der Waals surface area (Å²) >= 11 is 11.9. The lowest BCUT2D eigenvalue weighted by atomic mass is 9.81. The van der Waals surface area contributed by atoms with E-state index in [0.29, 0.717) is 22.9 Å². The zero-order valence-electron chi connectivity index (χ0n) is 16.8. The molecule has 4 atom stereocenters. The van der Waals surface area contributed by atoms with E-state index in [1.807, 2.05) is 0 Å². The number of ether oxygens (including phenoxy) is 1. The van der Waals surface area contributed by atoms with Crippen molar-refractivity contribution in [1.82, 2.24) is 10.2 Å². The molecular weight excluding hydrogens is 431 g/mol. The van der Waals surface area contributed by atoms with Gasteiger partial charge < -0.3 is 10.1 Å². The molecule has 3 amide bonds. The minimum absolute atomic E-state index is 0.313. The average molecular weight is 455 g/mol. The van der Waals surface area contributed by atoms with Crippen molar-refractivity contribution in [2.75, 3.05) is 6.61 Å². The van der Waals surface area contributed by atoms with Gasteiger partial charge in [0, 0.05) is 0 Å². The molecular formula is C21H24Cl2N2O5.